The third-order valence-corrected chi connectivity index (χ3v) is 4.51. The van der Waals surface area contributed by atoms with Gasteiger partial charge in [0.2, 0.25) is 11.8 Å². The summed E-state index contributed by atoms with van der Waals surface area (Å²) in [6.07, 6.45) is 4.96. The zero-order valence-corrected chi connectivity index (χ0v) is 13.3. The molecule has 0 spiro atoms. The highest BCUT2D eigenvalue weighted by Gasteiger charge is 2.32. The summed E-state index contributed by atoms with van der Waals surface area (Å²) in [5.41, 5.74) is 0. The van der Waals surface area contributed by atoms with Gasteiger partial charge in [-0.25, -0.2) is 9.68 Å². The summed E-state index contributed by atoms with van der Waals surface area (Å²) in [7, 11) is 0. The maximum absolute atomic E-state index is 12.0. The standard InChI is InChI=1S/C16H18N2O7/c19-12-5-6-13(20)17(12)9-10-1-3-11(4-2-10)16(23)24-25-18-14(21)7-8-15(18)22/h5-8,10-11,21-22H,1-4,9H2. The van der Waals surface area contributed by atoms with Crippen LogP contribution in [0.1, 0.15) is 25.7 Å². The molecule has 1 aromatic heterocycles. The third kappa shape index (κ3) is 3.59. The Bertz CT molecular complexity index is 679. The van der Waals surface area contributed by atoms with Crippen LogP contribution in [0.15, 0.2) is 24.3 Å². The first-order valence-corrected chi connectivity index (χ1v) is 7.97. The molecule has 1 aliphatic carbocycles. The second-order valence-electron chi connectivity index (χ2n) is 6.16. The van der Waals surface area contributed by atoms with Crippen molar-refractivity contribution in [3.05, 3.63) is 24.3 Å². The van der Waals surface area contributed by atoms with Crippen molar-refractivity contribution >= 4 is 17.8 Å². The van der Waals surface area contributed by atoms with Crippen molar-refractivity contribution in [2.75, 3.05) is 6.54 Å². The molecular weight excluding hydrogens is 332 g/mol. The van der Waals surface area contributed by atoms with E-state index < -0.39 is 17.7 Å². The van der Waals surface area contributed by atoms with E-state index in [1.165, 1.54) is 29.2 Å². The van der Waals surface area contributed by atoms with Gasteiger partial charge in [0.05, 0.1) is 5.92 Å². The molecule has 2 amide bonds. The van der Waals surface area contributed by atoms with E-state index in [4.69, 9.17) is 0 Å². The number of aromatic hydroxyl groups is 2. The first kappa shape index (κ1) is 16.9. The van der Waals surface area contributed by atoms with Gasteiger partial charge in [0.15, 0.2) is 0 Å². The molecule has 2 N–H and O–H groups in total. The highest BCUT2D eigenvalue weighted by atomic mass is 17.3. The predicted molar refractivity (Wildman–Crippen MR) is 81.7 cm³/mol. The van der Waals surface area contributed by atoms with Crippen LogP contribution in [-0.4, -0.2) is 44.2 Å². The molecular formula is C16H18N2O7. The number of rotatable bonds is 5. The smallest absolute Gasteiger partial charge is 0.360 e. The summed E-state index contributed by atoms with van der Waals surface area (Å²) in [6.45, 7) is 0.355. The fraction of sp³-hybridized carbons (Fsp3) is 0.438. The van der Waals surface area contributed by atoms with Crippen LogP contribution in [0, 0.1) is 11.8 Å². The molecule has 1 aromatic rings. The molecule has 1 fully saturated rings. The van der Waals surface area contributed by atoms with Gasteiger partial charge in [-0.3, -0.25) is 14.5 Å². The van der Waals surface area contributed by atoms with E-state index in [1.54, 1.807) is 0 Å². The lowest BCUT2D eigenvalue weighted by atomic mass is 9.82. The Morgan fingerprint density at radius 3 is 2.16 bits per heavy atom. The van der Waals surface area contributed by atoms with Gasteiger partial charge in [0.25, 0.3) is 11.8 Å². The molecule has 0 bridgehead atoms. The molecule has 0 aromatic carbocycles. The van der Waals surface area contributed by atoms with Crippen molar-refractivity contribution in [1.82, 2.24) is 9.63 Å². The largest absolute Gasteiger partial charge is 0.492 e. The molecule has 1 saturated carbocycles. The van der Waals surface area contributed by atoms with Gasteiger partial charge in [-0.05, 0) is 31.6 Å². The van der Waals surface area contributed by atoms with E-state index in [0.717, 1.165) is 0 Å². The van der Waals surface area contributed by atoms with Crippen LogP contribution < -0.4 is 4.99 Å². The van der Waals surface area contributed by atoms with E-state index in [9.17, 15) is 24.6 Å². The number of hydrogen-bond acceptors (Lipinski definition) is 7. The molecule has 0 unspecified atom stereocenters. The summed E-state index contributed by atoms with van der Waals surface area (Å²) in [5.74, 6) is -2.22. The molecule has 2 aliphatic rings. The Labute approximate surface area is 142 Å². The van der Waals surface area contributed by atoms with Crippen LogP contribution in [0.2, 0.25) is 0 Å². The Hall–Kier alpha value is -2.97. The van der Waals surface area contributed by atoms with E-state index in [1.807, 2.05) is 0 Å². The highest BCUT2D eigenvalue weighted by molar-refractivity contribution is 6.12. The normalized spacial score (nSPS) is 23.1. The predicted octanol–water partition coefficient (Wildman–Crippen LogP) is 0.517. The van der Waals surface area contributed by atoms with Crippen molar-refractivity contribution < 1.29 is 34.5 Å². The molecule has 0 saturated heterocycles. The molecule has 0 atom stereocenters. The first-order valence-electron chi connectivity index (χ1n) is 7.97. The molecule has 1 aliphatic heterocycles. The lowest BCUT2D eigenvalue weighted by molar-refractivity contribution is -0.279. The van der Waals surface area contributed by atoms with Crippen molar-refractivity contribution in [1.29, 1.82) is 0 Å². The summed E-state index contributed by atoms with van der Waals surface area (Å²) >= 11 is 0. The number of imide groups is 1. The SMILES string of the molecule is O=C(OOn1c(O)ccc1O)C1CCC(CN2C(=O)C=CC2=O)CC1. The van der Waals surface area contributed by atoms with Crippen LogP contribution in [-0.2, 0) is 19.3 Å². The van der Waals surface area contributed by atoms with Gasteiger partial charge >= 0.3 is 5.97 Å². The van der Waals surface area contributed by atoms with Gasteiger partial charge in [-0.1, -0.05) is 4.73 Å². The first-order chi connectivity index (χ1) is 12.0. The second-order valence-corrected chi connectivity index (χ2v) is 6.16. The quantitative estimate of drug-likeness (QED) is 0.451. The van der Waals surface area contributed by atoms with Crippen LogP contribution in [0.4, 0.5) is 0 Å². The molecule has 134 valence electrons. The van der Waals surface area contributed by atoms with Gasteiger partial charge in [-0.2, -0.15) is 4.99 Å². The summed E-state index contributed by atoms with van der Waals surface area (Å²) in [4.78, 5) is 45.7. The summed E-state index contributed by atoms with van der Waals surface area (Å²) in [5, 5.41) is 18.8. The maximum Gasteiger partial charge on any atom is 0.360 e. The molecule has 9 heteroatoms. The lowest BCUT2D eigenvalue weighted by Crippen LogP contribution is -2.37. The van der Waals surface area contributed by atoms with Gasteiger partial charge in [0, 0.05) is 30.8 Å². The van der Waals surface area contributed by atoms with Crippen molar-refractivity contribution in [3.63, 3.8) is 0 Å². The van der Waals surface area contributed by atoms with Crippen molar-refractivity contribution in [2.45, 2.75) is 25.7 Å². The van der Waals surface area contributed by atoms with E-state index in [2.05, 4.69) is 9.88 Å². The molecule has 25 heavy (non-hydrogen) atoms. The molecule has 0 radical (unpaired) electrons. The minimum Gasteiger partial charge on any atom is -0.492 e. The number of carbonyl (C=O) groups excluding carboxylic acids is 3. The number of carbonyl (C=O) groups is 3. The van der Waals surface area contributed by atoms with Crippen LogP contribution in [0.25, 0.3) is 0 Å². The van der Waals surface area contributed by atoms with E-state index in [-0.39, 0.29) is 23.7 Å². The average Bonchev–Trinajstić information content (AvgIpc) is 3.09. The number of hydrogen-bond donors (Lipinski definition) is 2. The lowest BCUT2D eigenvalue weighted by Gasteiger charge is -2.29. The van der Waals surface area contributed by atoms with E-state index in [0.29, 0.717) is 37.0 Å². The monoisotopic (exact) mass is 350 g/mol. The molecule has 3 rings (SSSR count). The van der Waals surface area contributed by atoms with E-state index >= 15 is 0 Å². The molecule has 9 nitrogen and oxygen atoms in total. The highest BCUT2D eigenvalue weighted by Crippen LogP contribution is 2.31. The zero-order valence-electron chi connectivity index (χ0n) is 13.3. The third-order valence-electron chi connectivity index (χ3n) is 4.51. The molecule has 2 heterocycles. The zero-order chi connectivity index (χ0) is 18.0. The van der Waals surface area contributed by atoms with Crippen LogP contribution in [0.5, 0.6) is 11.8 Å². The Morgan fingerprint density at radius 2 is 1.60 bits per heavy atom. The van der Waals surface area contributed by atoms with Crippen molar-refractivity contribution in [2.24, 2.45) is 11.8 Å². The van der Waals surface area contributed by atoms with Gasteiger partial charge < -0.3 is 10.2 Å². The fourth-order valence-corrected chi connectivity index (χ4v) is 3.07. The maximum atomic E-state index is 12.0. The Morgan fingerprint density at radius 1 is 1.04 bits per heavy atom. The van der Waals surface area contributed by atoms with Crippen LogP contribution in [0.3, 0.4) is 0 Å². The minimum atomic E-state index is -0.596. The average molecular weight is 350 g/mol. The summed E-state index contributed by atoms with van der Waals surface area (Å²) in [6, 6.07) is 2.37. The number of aromatic nitrogens is 1. The van der Waals surface area contributed by atoms with Crippen molar-refractivity contribution in [3.8, 4) is 11.8 Å². The Balaban J connectivity index is 1.45. The Kier molecular flexibility index (Phi) is 4.64. The van der Waals surface area contributed by atoms with Gasteiger partial charge in [0.1, 0.15) is 0 Å². The topological polar surface area (TPSA) is 118 Å². The van der Waals surface area contributed by atoms with Gasteiger partial charge in [-0.15, -0.1) is 0 Å². The minimum absolute atomic E-state index is 0.148. The second kappa shape index (κ2) is 6.88. The van der Waals surface area contributed by atoms with Crippen LogP contribution >= 0.6 is 0 Å². The number of nitrogens with zero attached hydrogens (tertiary/aromatic N) is 2. The fourth-order valence-electron chi connectivity index (χ4n) is 3.07. The number of amides is 2. The summed E-state index contributed by atoms with van der Waals surface area (Å²) < 4.78 is 0.584.